The number of rotatable bonds is 6. The Morgan fingerprint density at radius 1 is 0.938 bits per heavy atom. The van der Waals surface area contributed by atoms with Gasteiger partial charge in [0, 0.05) is 0 Å². The van der Waals surface area contributed by atoms with Gasteiger partial charge in [0.25, 0.3) is 0 Å². The minimum Gasteiger partial charge on any atom is -1.00 e. The summed E-state index contributed by atoms with van der Waals surface area (Å²) in [7, 11) is 3.63. The normalized spacial score (nSPS) is 8.75. The molecule has 0 atom stereocenters. The van der Waals surface area contributed by atoms with Crippen LogP contribution in [0.1, 0.15) is 39.5 Å². The van der Waals surface area contributed by atoms with Crippen molar-refractivity contribution < 1.29 is 51.8 Å². The molecule has 93 valence electrons. The minimum absolute atomic E-state index is 0. The molecule has 16 heavy (non-hydrogen) atoms. The zero-order chi connectivity index (χ0) is 11.8. The molecule has 0 aliphatic heterocycles. The largest absolute Gasteiger partial charge is 1.00 e. The van der Waals surface area contributed by atoms with Crippen LogP contribution in [0.3, 0.4) is 0 Å². The van der Waals surface area contributed by atoms with E-state index in [2.05, 4.69) is 0 Å². The first kappa shape index (κ1) is 18.6. The van der Waals surface area contributed by atoms with E-state index in [1.807, 2.05) is 27.9 Å². The Labute approximate surface area is 118 Å². The summed E-state index contributed by atoms with van der Waals surface area (Å²) in [6.45, 7) is 3.98. The van der Waals surface area contributed by atoms with Crippen molar-refractivity contribution in [3.05, 3.63) is 0 Å². The maximum Gasteiger partial charge on any atom is -1.00 e. The van der Waals surface area contributed by atoms with Gasteiger partial charge in [-0.15, -0.1) is 0 Å². The van der Waals surface area contributed by atoms with Crippen LogP contribution >= 0.6 is 0 Å². The standard InChI is InChI=1S/2C5H11NO.FH.Nd/c2*1-3-4-5(7)6-2;;/h2*3-4H2,1-2H3,(H,6,7);1H;/q;;;+3/p-3. The molecule has 0 aliphatic rings. The van der Waals surface area contributed by atoms with E-state index in [-0.39, 0.29) is 16.5 Å². The van der Waals surface area contributed by atoms with E-state index in [1.165, 1.54) is 0 Å². The van der Waals surface area contributed by atoms with Crippen molar-refractivity contribution in [1.29, 1.82) is 0 Å². The quantitative estimate of drug-likeness (QED) is 0.572. The first-order valence-corrected chi connectivity index (χ1v) is 8.19. The van der Waals surface area contributed by atoms with Gasteiger partial charge in [-0.25, -0.2) is 0 Å². The summed E-state index contributed by atoms with van der Waals surface area (Å²) < 4.78 is 3.58. The van der Waals surface area contributed by atoms with E-state index in [0.717, 1.165) is 12.8 Å². The van der Waals surface area contributed by atoms with Crippen LogP contribution < -0.4 is 4.70 Å². The summed E-state index contributed by atoms with van der Waals surface area (Å²) in [5.41, 5.74) is 0. The van der Waals surface area contributed by atoms with E-state index in [4.69, 9.17) is 0 Å². The van der Waals surface area contributed by atoms with Crippen LogP contribution in [0.2, 0.25) is 0 Å². The van der Waals surface area contributed by atoms with Crippen molar-refractivity contribution in [2.24, 2.45) is 0 Å². The fourth-order valence-electron chi connectivity index (χ4n) is 1.10. The van der Waals surface area contributed by atoms with Gasteiger partial charge in [-0.2, -0.15) is 0 Å². The fraction of sp³-hybridized carbons (Fsp3) is 0.800. The first-order valence-electron chi connectivity index (χ1n) is 5.32. The van der Waals surface area contributed by atoms with E-state index in [9.17, 15) is 9.59 Å². The van der Waals surface area contributed by atoms with Gasteiger partial charge in [-0.05, 0) is 0 Å². The van der Waals surface area contributed by atoms with E-state index in [0.29, 0.717) is 12.8 Å². The molecule has 0 aromatic carbocycles. The van der Waals surface area contributed by atoms with Crippen LogP contribution in [0.5, 0.6) is 0 Å². The van der Waals surface area contributed by atoms with Gasteiger partial charge in [0.1, 0.15) is 0 Å². The molecule has 0 aromatic rings. The zero-order valence-corrected chi connectivity index (χ0v) is 13.6. The number of hydrogen-bond donors (Lipinski definition) is 0. The maximum atomic E-state index is 11.5. The Bertz CT molecular complexity index is 205. The van der Waals surface area contributed by atoms with Crippen LogP contribution in [-0.4, -0.2) is 27.9 Å². The molecule has 0 fully saturated rings. The fourth-order valence-corrected chi connectivity index (χ4v) is 3.98. The Hall–Kier alpha value is 0.221. The summed E-state index contributed by atoms with van der Waals surface area (Å²) in [5.74, 6) is 0.356. The molecule has 0 rings (SSSR count). The van der Waals surface area contributed by atoms with Crippen LogP contribution in [-0.2, 0) is 9.59 Å². The molecule has 0 bridgehead atoms. The predicted molar refractivity (Wildman–Crippen MR) is 55.4 cm³/mol. The molecular weight excluding hydrogens is 343 g/mol. The average molecular weight is 364 g/mol. The van der Waals surface area contributed by atoms with Crippen molar-refractivity contribution in [1.82, 2.24) is 1.97 Å². The predicted octanol–water partition coefficient (Wildman–Crippen LogP) is -1.58. The molecular formula is C10H20FN2NdO2. The molecule has 0 N–H and O–H groups in total. The van der Waals surface area contributed by atoms with Gasteiger partial charge in [-0.3, -0.25) is 0 Å². The zero-order valence-electron chi connectivity index (χ0n) is 10.4. The molecule has 0 saturated carbocycles. The maximum absolute atomic E-state index is 11.5. The number of amides is 2. The van der Waals surface area contributed by atoms with Crippen LogP contribution in [0.15, 0.2) is 0 Å². The Morgan fingerprint density at radius 2 is 1.25 bits per heavy atom. The summed E-state index contributed by atoms with van der Waals surface area (Å²) in [5, 5.41) is 0. The second-order valence-electron chi connectivity index (χ2n) is 3.51. The topological polar surface area (TPSA) is 40.6 Å². The van der Waals surface area contributed by atoms with Crippen molar-refractivity contribution in [3.8, 4) is 0 Å². The summed E-state index contributed by atoms with van der Waals surface area (Å²) in [6.07, 6.45) is 2.94. The Kier molecular flexibility index (Phi) is 12.1. The monoisotopic (exact) mass is 361 g/mol. The first-order chi connectivity index (χ1) is 7.02. The van der Waals surface area contributed by atoms with E-state index < -0.39 is 37.5 Å². The van der Waals surface area contributed by atoms with Crippen molar-refractivity contribution in [3.63, 3.8) is 0 Å². The number of hydrogen-bond acceptors (Lipinski definition) is 2. The molecule has 0 unspecified atom stereocenters. The SMILES string of the molecule is CCCC(=O)[N](C)[Nd+][N](C)C(=O)CCC.[F-]. The van der Waals surface area contributed by atoms with Crippen molar-refractivity contribution in [2.45, 2.75) is 39.5 Å². The summed E-state index contributed by atoms with van der Waals surface area (Å²) in [4.78, 5) is 23.0. The molecule has 6 heteroatoms. The summed E-state index contributed by atoms with van der Waals surface area (Å²) in [6, 6.07) is 0. The Morgan fingerprint density at radius 3 is 1.50 bits per heavy atom. The van der Waals surface area contributed by atoms with Gasteiger partial charge in [-0.1, -0.05) is 0 Å². The van der Waals surface area contributed by atoms with Gasteiger partial charge < -0.3 is 4.70 Å². The van der Waals surface area contributed by atoms with Gasteiger partial charge in [0.15, 0.2) is 0 Å². The third kappa shape index (κ3) is 7.49. The second-order valence-corrected chi connectivity index (χ2v) is 8.45. The molecule has 0 heterocycles. The number of nitrogens with zero attached hydrogens (tertiary/aromatic N) is 2. The van der Waals surface area contributed by atoms with Gasteiger partial charge in [0.05, 0.1) is 0 Å². The van der Waals surface area contributed by atoms with Crippen LogP contribution in [0.4, 0.5) is 0 Å². The molecule has 0 aromatic heterocycles. The van der Waals surface area contributed by atoms with Gasteiger partial charge in [0.2, 0.25) is 0 Å². The number of carbonyl (C=O) groups excluding carboxylic acids is 2. The van der Waals surface area contributed by atoms with Crippen LogP contribution in [0.25, 0.3) is 0 Å². The molecule has 0 radical (unpaired) electrons. The van der Waals surface area contributed by atoms with E-state index in [1.54, 1.807) is 1.97 Å². The van der Waals surface area contributed by atoms with E-state index >= 15 is 0 Å². The average Bonchev–Trinajstić information content (AvgIpc) is 2.18. The van der Waals surface area contributed by atoms with Crippen LogP contribution in [0, 0.1) is 37.5 Å². The molecule has 4 nitrogen and oxygen atoms in total. The van der Waals surface area contributed by atoms with Gasteiger partial charge >= 0.3 is 114 Å². The molecule has 0 saturated heterocycles. The molecule has 0 aliphatic carbocycles. The second kappa shape index (κ2) is 10.4. The van der Waals surface area contributed by atoms with Crippen molar-refractivity contribution in [2.75, 3.05) is 14.1 Å². The number of carbonyl (C=O) groups is 2. The third-order valence-electron chi connectivity index (χ3n) is 1.98. The molecule has 0 spiro atoms. The third-order valence-corrected chi connectivity index (χ3v) is 5.50. The number of halogens is 1. The van der Waals surface area contributed by atoms with Crippen molar-refractivity contribution >= 4 is 11.8 Å². The Balaban J connectivity index is 0. The smallest absolute Gasteiger partial charge is 1.00 e. The molecule has 2 amide bonds. The minimum atomic E-state index is -1.43. The summed E-state index contributed by atoms with van der Waals surface area (Å²) >= 11 is -1.43.